The largest absolute Gasteiger partial charge is 0.381 e. The highest BCUT2D eigenvalue weighted by atomic mass is 16.5. The van der Waals surface area contributed by atoms with E-state index in [0.29, 0.717) is 31.5 Å². The molecule has 27 heavy (non-hydrogen) atoms. The highest BCUT2D eigenvalue weighted by Gasteiger charge is 2.46. The van der Waals surface area contributed by atoms with Gasteiger partial charge in [0.15, 0.2) is 0 Å². The highest BCUT2D eigenvalue weighted by molar-refractivity contribution is 5.79. The monoisotopic (exact) mass is 370 g/mol. The lowest BCUT2D eigenvalue weighted by molar-refractivity contribution is -0.140. The van der Waals surface area contributed by atoms with E-state index in [0.717, 1.165) is 45.2 Å². The maximum atomic E-state index is 12.9. The third kappa shape index (κ3) is 3.49. The summed E-state index contributed by atoms with van der Waals surface area (Å²) in [5.41, 5.74) is 2.88. The maximum Gasteiger partial charge on any atom is 0.225 e. The first-order valence-corrected chi connectivity index (χ1v) is 10.3. The van der Waals surface area contributed by atoms with Gasteiger partial charge in [0, 0.05) is 45.7 Å². The van der Waals surface area contributed by atoms with E-state index in [2.05, 4.69) is 34.5 Å². The Bertz CT molecular complexity index is 703. The van der Waals surface area contributed by atoms with E-state index < -0.39 is 0 Å². The minimum absolute atomic E-state index is 0.110. The topological polar surface area (TPSA) is 58.6 Å². The lowest BCUT2D eigenvalue weighted by Gasteiger charge is -2.41. The van der Waals surface area contributed by atoms with Gasteiger partial charge in [-0.2, -0.15) is 0 Å². The number of hydrogen-bond acceptors (Lipinski definition) is 3. The first kappa shape index (κ1) is 18.5. The number of carbonyl (C=O) groups is 2. The lowest BCUT2D eigenvalue weighted by atomic mass is 9.73. The van der Waals surface area contributed by atoms with E-state index in [9.17, 15) is 9.59 Å². The van der Waals surface area contributed by atoms with Gasteiger partial charge >= 0.3 is 0 Å². The van der Waals surface area contributed by atoms with Crippen molar-refractivity contribution in [1.29, 1.82) is 0 Å². The number of hydrogen-bond donors (Lipinski definition) is 1. The van der Waals surface area contributed by atoms with Gasteiger partial charge < -0.3 is 15.0 Å². The van der Waals surface area contributed by atoms with Crippen LogP contribution in [0.5, 0.6) is 0 Å². The van der Waals surface area contributed by atoms with E-state index in [4.69, 9.17) is 4.74 Å². The summed E-state index contributed by atoms with van der Waals surface area (Å²) in [6.45, 7) is 3.08. The molecule has 5 heteroatoms. The Kier molecular flexibility index (Phi) is 5.22. The molecule has 0 bridgehead atoms. The van der Waals surface area contributed by atoms with Crippen molar-refractivity contribution in [3.05, 3.63) is 35.4 Å². The van der Waals surface area contributed by atoms with Gasteiger partial charge in [0.2, 0.25) is 11.8 Å². The summed E-state index contributed by atoms with van der Waals surface area (Å²) >= 11 is 0. The molecule has 1 aromatic carbocycles. The third-order valence-electron chi connectivity index (χ3n) is 6.92. The summed E-state index contributed by atoms with van der Waals surface area (Å²) in [4.78, 5) is 26.9. The molecular weight excluding hydrogens is 340 g/mol. The molecular formula is C22H30N2O3. The molecule has 2 amide bonds. The van der Waals surface area contributed by atoms with Crippen molar-refractivity contribution in [2.24, 2.45) is 5.92 Å². The minimum Gasteiger partial charge on any atom is -0.381 e. The summed E-state index contributed by atoms with van der Waals surface area (Å²) in [7, 11) is 1.71. The zero-order chi connectivity index (χ0) is 18.9. The van der Waals surface area contributed by atoms with Crippen LogP contribution in [0.1, 0.15) is 55.6 Å². The van der Waals surface area contributed by atoms with Crippen molar-refractivity contribution >= 4 is 11.8 Å². The van der Waals surface area contributed by atoms with Crippen LogP contribution in [0.3, 0.4) is 0 Å². The molecule has 1 aliphatic carbocycles. The fourth-order valence-corrected chi connectivity index (χ4v) is 5.37. The van der Waals surface area contributed by atoms with Crippen molar-refractivity contribution in [2.75, 3.05) is 33.4 Å². The van der Waals surface area contributed by atoms with Gasteiger partial charge in [-0.05, 0) is 54.6 Å². The molecule has 2 fully saturated rings. The Morgan fingerprint density at radius 1 is 1.19 bits per heavy atom. The van der Waals surface area contributed by atoms with Crippen molar-refractivity contribution in [3.63, 3.8) is 0 Å². The van der Waals surface area contributed by atoms with Gasteiger partial charge in [-0.1, -0.05) is 24.3 Å². The average molecular weight is 370 g/mol. The Hall–Kier alpha value is -1.88. The molecule has 2 saturated heterocycles. The van der Waals surface area contributed by atoms with Crippen LogP contribution in [0.2, 0.25) is 0 Å². The van der Waals surface area contributed by atoms with Crippen LogP contribution >= 0.6 is 0 Å². The molecule has 0 aromatic heterocycles. The second kappa shape index (κ2) is 7.63. The Morgan fingerprint density at radius 3 is 2.59 bits per heavy atom. The second-order valence-electron chi connectivity index (χ2n) is 8.36. The van der Waals surface area contributed by atoms with Crippen LogP contribution in [-0.4, -0.2) is 50.1 Å². The van der Waals surface area contributed by atoms with E-state index in [1.807, 2.05) is 0 Å². The smallest absolute Gasteiger partial charge is 0.225 e. The predicted molar refractivity (Wildman–Crippen MR) is 104 cm³/mol. The Balaban J connectivity index is 1.47. The lowest BCUT2D eigenvalue weighted by Crippen LogP contribution is -2.47. The zero-order valence-electron chi connectivity index (χ0n) is 16.2. The van der Waals surface area contributed by atoms with Gasteiger partial charge in [0.05, 0.1) is 0 Å². The molecule has 0 radical (unpaired) electrons. The standard InChI is InChI=1S/C22H30N2O3/c1-23-20(25)14-17-15-22(19-5-3-2-4-18(17)19)8-10-24(11-9-22)21(26)16-6-12-27-13-7-16/h2-5,16-17H,6-15H2,1H3,(H,23,25)/t17-/m0/s1. The van der Waals surface area contributed by atoms with Crippen LogP contribution in [-0.2, 0) is 19.7 Å². The van der Waals surface area contributed by atoms with Crippen molar-refractivity contribution < 1.29 is 14.3 Å². The van der Waals surface area contributed by atoms with E-state index >= 15 is 0 Å². The van der Waals surface area contributed by atoms with Gasteiger partial charge in [0.1, 0.15) is 0 Å². The quantitative estimate of drug-likeness (QED) is 0.890. The van der Waals surface area contributed by atoms with Crippen LogP contribution in [0.25, 0.3) is 0 Å². The van der Waals surface area contributed by atoms with Gasteiger partial charge in [-0.3, -0.25) is 9.59 Å². The summed E-state index contributed by atoms with van der Waals surface area (Å²) < 4.78 is 5.40. The first-order chi connectivity index (χ1) is 13.1. The normalized spacial score (nSPS) is 24.6. The molecule has 4 rings (SSSR count). The number of nitrogens with one attached hydrogen (secondary N) is 1. The fraction of sp³-hybridized carbons (Fsp3) is 0.636. The molecule has 1 aromatic rings. The van der Waals surface area contributed by atoms with Crippen molar-refractivity contribution in [3.8, 4) is 0 Å². The molecule has 0 saturated carbocycles. The van der Waals surface area contributed by atoms with Crippen LogP contribution in [0.15, 0.2) is 24.3 Å². The van der Waals surface area contributed by atoms with E-state index in [1.165, 1.54) is 11.1 Å². The molecule has 2 aliphatic heterocycles. The summed E-state index contributed by atoms with van der Waals surface area (Å²) in [6.07, 6.45) is 5.31. The molecule has 5 nitrogen and oxygen atoms in total. The van der Waals surface area contributed by atoms with E-state index in [-0.39, 0.29) is 17.2 Å². The molecule has 2 heterocycles. The maximum absolute atomic E-state index is 12.9. The molecule has 1 atom stereocenters. The molecule has 146 valence electrons. The Morgan fingerprint density at radius 2 is 1.89 bits per heavy atom. The number of piperidine rings is 1. The molecule has 3 aliphatic rings. The third-order valence-corrected chi connectivity index (χ3v) is 6.92. The zero-order valence-corrected chi connectivity index (χ0v) is 16.2. The number of carbonyl (C=O) groups excluding carboxylic acids is 2. The van der Waals surface area contributed by atoms with Gasteiger partial charge in [0.25, 0.3) is 0 Å². The number of rotatable bonds is 3. The summed E-state index contributed by atoms with van der Waals surface area (Å²) in [5.74, 6) is 0.865. The minimum atomic E-state index is 0.110. The van der Waals surface area contributed by atoms with Crippen LogP contribution < -0.4 is 5.32 Å². The number of fused-ring (bicyclic) bond motifs is 2. The number of nitrogens with zero attached hydrogens (tertiary/aromatic N) is 1. The number of ether oxygens (including phenoxy) is 1. The SMILES string of the molecule is CNC(=O)C[C@H]1CC2(CCN(C(=O)C3CCOCC3)CC2)c2ccccc21. The van der Waals surface area contributed by atoms with Crippen molar-refractivity contribution in [1.82, 2.24) is 10.2 Å². The summed E-state index contributed by atoms with van der Waals surface area (Å²) in [5, 5.41) is 2.77. The number of benzene rings is 1. The number of amides is 2. The van der Waals surface area contributed by atoms with Crippen molar-refractivity contribution in [2.45, 2.75) is 49.9 Å². The molecule has 1 spiro atoms. The summed E-state index contributed by atoms with van der Waals surface area (Å²) in [6, 6.07) is 8.63. The molecule has 1 N–H and O–H groups in total. The van der Waals surface area contributed by atoms with Gasteiger partial charge in [-0.15, -0.1) is 0 Å². The van der Waals surface area contributed by atoms with Gasteiger partial charge in [-0.25, -0.2) is 0 Å². The van der Waals surface area contributed by atoms with Crippen LogP contribution in [0, 0.1) is 5.92 Å². The average Bonchev–Trinajstić information content (AvgIpc) is 3.02. The second-order valence-corrected chi connectivity index (χ2v) is 8.36. The van der Waals surface area contributed by atoms with Crippen LogP contribution in [0.4, 0.5) is 0 Å². The van der Waals surface area contributed by atoms with E-state index in [1.54, 1.807) is 7.05 Å². The molecule has 0 unspecified atom stereocenters. The highest BCUT2D eigenvalue weighted by Crippen LogP contribution is 2.52. The first-order valence-electron chi connectivity index (χ1n) is 10.3. The predicted octanol–water partition coefficient (Wildman–Crippen LogP) is 2.60. The Labute approximate surface area is 161 Å². The number of likely N-dealkylation sites (tertiary alicyclic amines) is 1. The fourth-order valence-electron chi connectivity index (χ4n) is 5.37.